The van der Waals surface area contributed by atoms with Gasteiger partial charge in [-0.05, 0) is 71.1 Å². The third-order valence-corrected chi connectivity index (χ3v) is 12.9. The van der Waals surface area contributed by atoms with Crippen molar-refractivity contribution >= 4 is 11.9 Å². The van der Waals surface area contributed by atoms with Crippen molar-refractivity contribution in [3.05, 3.63) is 60.8 Å². The Morgan fingerprint density at radius 2 is 1.04 bits per heavy atom. The molecule has 400 valence electrons. The van der Waals surface area contributed by atoms with Crippen molar-refractivity contribution in [3.8, 4) is 0 Å². The van der Waals surface area contributed by atoms with Crippen molar-refractivity contribution < 1.29 is 49.3 Å². The Kier molecular flexibility index (Phi) is 44.5. The molecule has 0 spiro atoms. The van der Waals surface area contributed by atoms with Crippen molar-refractivity contribution in [2.75, 3.05) is 19.8 Å². The zero-order valence-electron chi connectivity index (χ0n) is 43.8. The molecule has 0 radical (unpaired) electrons. The fraction of sp³-hybridized carbons (Fsp3) is 0.793. The number of aliphatic hydroxyl groups is 5. The quantitative estimate of drug-likeness (QED) is 0.0196. The van der Waals surface area contributed by atoms with E-state index in [-0.39, 0.29) is 18.5 Å². The Balaban J connectivity index is 2.07. The first-order valence-electron chi connectivity index (χ1n) is 28.0. The molecule has 0 aromatic heterocycles. The van der Waals surface area contributed by atoms with Crippen molar-refractivity contribution in [1.82, 2.24) is 5.32 Å². The van der Waals surface area contributed by atoms with E-state index in [0.29, 0.717) is 19.4 Å². The Bertz CT molecular complexity index is 1330. The first-order valence-corrected chi connectivity index (χ1v) is 28.0. The minimum Gasteiger partial charge on any atom is -0.465 e. The molecule has 1 aliphatic heterocycles. The van der Waals surface area contributed by atoms with Gasteiger partial charge in [0.05, 0.1) is 32.0 Å². The number of nitrogens with one attached hydrogen (secondary N) is 1. The van der Waals surface area contributed by atoms with Crippen LogP contribution in [0.3, 0.4) is 0 Å². The molecule has 11 nitrogen and oxygen atoms in total. The second-order valence-corrected chi connectivity index (χ2v) is 19.3. The zero-order valence-corrected chi connectivity index (χ0v) is 43.8. The van der Waals surface area contributed by atoms with Gasteiger partial charge < -0.3 is 45.1 Å². The van der Waals surface area contributed by atoms with Crippen LogP contribution >= 0.6 is 0 Å². The maximum Gasteiger partial charge on any atom is 0.305 e. The van der Waals surface area contributed by atoms with Gasteiger partial charge in [-0.15, -0.1) is 0 Å². The number of aliphatic hydroxyl groups excluding tert-OH is 5. The van der Waals surface area contributed by atoms with E-state index < -0.39 is 49.5 Å². The van der Waals surface area contributed by atoms with E-state index in [1.165, 1.54) is 122 Å². The van der Waals surface area contributed by atoms with Crippen LogP contribution in [0.2, 0.25) is 0 Å². The molecule has 7 atom stereocenters. The largest absolute Gasteiger partial charge is 0.465 e. The van der Waals surface area contributed by atoms with Crippen LogP contribution in [0.1, 0.15) is 232 Å². The van der Waals surface area contributed by atoms with Crippen LogP contribution in [0.4, 0.5) is 0 Å². The van der Waals surface area contributed by atoms with Crippen LogP contribution < -0.4 is 5.32 Å². The molecule has 1 fully saturated rings. The summed E-state index contributed by atoms with van der Waals surface area (Å²) in [6, 6.07) is -0.838. The van der Waals surface area contributed by atoms with Gasteiger partial charge in [-0.1, -0.05) is 209 Å². The number of amides is 1. The van der Waals surface area contributed by atoms with Gasteiger partial charge in [-0.2, -0.15) is 0 Å². The van der Waals surface area contributed by atoms with Gasteiger partial charge in [0, 0.05) is 12.8 Å². The predicted octanol–water partition coefficient (Wildman–Crippen LogP) is 12.3. The Labute approximate surface area is 420 Å². The highest BCUT2D eigenvalue weighted by Crippen LogP contribution is 2.23. The average molecular weight is 974 g/mol. The lowest BCUT2D eigenvalue weighted by Crippen LogP contribution is -2.60. The molecule has 6 N–H and O–H groups in total. The van der Waals surface area contributed by atoms with E-state index >= 15 is 0 Å². The van der Waals surface area contributed by atoms with Crippen molar-refractivity contribution in [3.63, 3.8) is 0 Å². The highest BCUT2D eigenvalue weighted by Gasteiger charge is 2.44. The fourth-order valence-electron chi connectivity index (χ4n) is 8.49. The molecule has 11 heteroatoms. The number of ether oxygens (including phenoxy) is 3. The molecule has 0 bridgehead atoms. The van der Waals surface area contributed by atoms with E-state index in [1.807, 2.05) is 19.1 Å². The molecular formula is C58H103NO10. The van der Waals surface area contributed by atoms with E-state index in [0.717, 1.165) is 83.5 Å². The number of hydrogen-bond acceptors (Lipinski definition) is 10. The number of rotatable bonds is 47. The lowest BCUT2D eigenvalue weighted by Gasteiger charge is -2.40. The zero-order chi connectivity index (χ0) is 50.3. The summed E-state index contributed by atoms with van der Waals surface area (Å²) in [5.74, 6) is -0.256. The second kappa shape index (κ2) is 47.7. The Morgan fingerprint density at radius 1 is 0.565 bits per heavy atom. The van der Waals surface area contributed by atoms with Crippen molar-refractivity contribution in [1.29, 1.82) is 0 Å². The first kappa shape index (κ1) is 64.4. The number of unbranched alkanes of at least 4 members (excludes halogenated alkanes) is 26. The van der Waals surface area contributed by atoms with Gasteiger partial charge in [0.25, 0.3) is 0 Å². The molecule has 1 heterocycles. The summed E-state index contributed by atoms with van der Waals surface area (Å²) in [7, 11) is 0. The fourth-order valence-corrected chi connectivity index (χ4v) is 8.49. The predicted molar refractivity (Wildman–Crippen MR) is 283 cm³/mol. The SMILES string of the molecule is C/C=C/CC/C=C/CC/C=C/C(O)C(COC1OC(CO)C(O)C(O)C1O)NC(=O)CCCCCCCCCCCCCCCC/C=C\C/C=C\CCOC(=O)CCCCCCCCCCCCC. The maximum absolute atomic E-state index is 13.0. The molecule has 0 aromatic rings. The third-order valence-electron chi connectivity index (χ3n) is 12.9. The number of carbonyl (C=O) groups is 2. The number of carbonyl (C=O) groups excluding carboxylic acids is 2. The van der Waals surface area contributed by atoms with Crippen LogP contribution in [0, 0.1) is 0 Å². The van der Waals surface area contributed by atoms with Gasteiger partial charge >= 0.3 is 5.97 Å². The van der Waals surface area contributed by atoms with Gasteiger partial charge in [0.2, 0.25) is 5.91 Å². The van der Waals surface area contributed by atoms with Crippen LogP contribution in [-0.4, -0.2) is 100 Å². The minimum absolute atomic E-state index is 0.0507. The molecule has 1 aliphatic rings. The number of hydrogen-bond donors (Lipinski definition) is 6. The maximum atomic E-state index is 13.0. The molecule has 1 amide bonds. The third kappa shape index (κ3) is 37.8. The van der Waals surface area contributed by atoms with Crippen LogP contribution in [-0.2, 0) is 23.8 Å². The van der Waals surface area contributed by atoms with Gasteiger partial charge in [0.15, 0.2) is 6.29 Å². The van der Waals surface area contributed by atoms with Crippen LogP contribution in [0.5, 0.6) is 0 Å². The topological polar surface area (TPSA) is 175 Å². The van der Waals surface area contributed by atoms with Gasteiger partial charge in [-0.25, -0.2) is 0 Å². The molecule has 0 aromatic carbocycles. The molecule has 1 saturated heterocycles. The van der Waals surface area contributed by atoms with Crippen molar-refractivity contribution in [2.45, 2.75) is 275 Å². The average Bonchev–Trinajstić information content (AvgIpc) is 3.34. The Morgan fingerprint density at radius 3 is 1.59 bits per heavy atom. The molecule has 0 saturated carbocycles. The standard InChI is InChI=1S/C58H103NO10/c1-3-5-7-9-11-13-25-30-34-38-42-46-54(63)67-47-43-39-35-31-27-24-22-20-18-16-14-15-17-19-21-23-26-29-33-37-41-45-53(62)59-50(51(61)44-40-36-32-28-12-10-8-6-4-2)49-68-58-57(66)56(65)55(64)52(48-60)69-58/h4,6,12,24,27-28,35,39-40,44,50-52,55-58,60-61,64-66H,3,5,7-11,13-23,25-26,29-34,36-38,41-43,45-49H2,1-2H3,(H,59,62)/b6-4+,27-24-,28-12+,39-35-,44-40+. The monoisotopic (exact) mass is 974 g/mol. The lowest BCUT2D eigenvalue weighted by molar-refractivity contribution is -0.302. The van der Waals surface area contributed by atoms with E-state index in [4.69, 9.17) is 14.2 Å². The molecule has 69 heavy (non-hydrogen) atoms. The summed E-state index contributed by atoms with van der Waals surface area (Å²) in [4.78, 5) is 24.9. The molecule has 7 unspecified atom stereocenters. The van der Waals surface area contributed by atoms with E-state index in [9.17, 15) is 35.1 Å². The molecule has 1 rings (SSSR count). The lowest BCUT2D eigenvalue weighted by atomic mass is 9.99. The smallest absolute Gasteiger partial charge is 0.305 e. The summed E-state index contributed by atoms with van der Waals surface area (Å²) in [6.07, 6.45) is 50.7. The van der Waals surface area contributed by atoms with E-state index in [2.05, 4.69) is 54.8 Å². The van der Waals surface area contributed by atoms with Gasteiger partial charge in [0.1, 0.15) is 24.4 Å². The van der Waals surface area contributed by atoms with Crippen LogP contribution in [0.25, 0.3) is 0 Å². The highest BCUT2D eigenvalue weighted by molar-refractivity contribution is 5.76. The Hall–Kier alpha value is -2.64. The second-order valence-electron chi connectivity index (χ2n) is 19.3. The summed E-state index contributed by atoms with van der Waals surface area (Å²) in [5, 5.41) is 54.1. The normalized spacial score (nSPS) is 19.8. The molecule has 0 aliphatic carbocycles. The number of allylic oxidation sites excluding steroid dienone is 8. The highest BCUT2D eigenvalue weighted by atomic mass is 16.7. The summed E-state index contributed by atoms with van der Waals surface area (Å²) < 4.78 is 16.6. The summed E-state index contributed by atoms with van der Waals surface area (Å²) in [5.41, 5.74) is 0. The van der Waals surface area contributed by atoms with Gasteiger partial charge in [-0.3, -0.25) is 9.59 Å². The summed E-state index contributed by atoms with van der Waals surface area (Å²) in [6.45, 7) is 3.96. The van der Waals surface area contributed by atoms with E-state index in [1.54, 1.807) is 6.08 Å². The number of esters is 1. The first-order chi connectivity index (χ1) is 33.7. The summed E-state index contributed by atoms with van der Waals surface area (Å²) >= 11 is 0. The van der Waals surface area contributed by atoms with Crippen LogP contribution in [0.15, 0.2) is 60.8 Å². The van der Waals surface area contributed by atoms with Crippen molar-refractivity contribution in [2.24, 2.45) is 0 Å². The minimum atomic E-state index is -1.58. The molecular weight excluding hydrogens is 871 g/mol.